The van der Waals surface area contributed by atoms with Crippen LogP contribution in [-0.4, -0.2) is 4.98 Å². The van der Waals surface area contributed by atoms with Crippen molar-refractivity contribution in [3.63, 3.8) is 0 Å². The molecule has 0 radical (unpaired) electrons. The van der Waals surface area contributed by atoms with E-state index in [2.05, 4.69) is 195 Å². The largest absolute Gasteiger partial charge is 0.256 e. The highest BCUT2D eigenvalue weighted by Crippen LogP contribution is 2.46. The van der Waals surface area contributed by atoms with Crippen molar-refractivity contribution in [1.29, 1.82) is 0 Å². The van der Waals surface area contributed by atoms with E-state index >= 15 is 0 Å². The van der Waals surface area contributed by atoms with Gasteiger partial charge in [0.15, 0.2) is 0 Å². The van der Waals surface area contributed by atoms with E-state index in [4.69, 9.17) is 4.98 Å². The number of hydrogen-bond donors (Lipinski definition) is 0. The average molecular weight is 674 g/mol. The SMILES string of the molecule is Cc1ccc(-c2cccc3c(-c4c5ccccc5c(-c5cccc(-c6ccnc(-c7ccc8ccccc8c7)c6)c5)c5ccccc45)cccc23)cc1. The monoisotopic (exact) mass is 673 g/mol. The number of nitrogens with zero attached hydrogens (tertiary/aromatic N) is 1. The molecule has 0 N–H and O–H groups in total. The minimum absolute atomic E-state index is 0.972. The second kappa shape index (κ2) is 12.7. The fourth-order valence-corrected chi connectivity index (χ4v) is 8.21. The normalized spacial score (nSPS) is 11.5. The Kier molecular flexibility index (Phi) is 7.44. The van der Waals surface area contributed by atoms with Crippen molar-refractivity contribution in [3.8, 4) is 55.8 Å². The summed E-state index contributed by atoms with van der Waals surface area (Å²) < 4.78 is 0. The molecule has 0 aliphatic rings. The zero-order chi connectivity index (χ0) is 35.3. The van der Waals surface area contributed by atoms with Crippen LogP contribution in [0.3, 0.4) is 0 Å². The van der Waals surface area contributed by atoms with E-state index in [0.29, 0.717) is 0 Å². The molecule has 0 bridgehead atoms. The Bertz CT molecular complexity index is 2950. The number of aryl methyl sites for hydroxylation is 1. The molecule has 0 amide bonds. The summed E-state index contributed by atoms with van der Waals surface area (Å²) in [5.74, 6) is 0. The van der Waals surface area contributed by atoms with Crippen LogP contribution in [0.1, 0.15) is 5.56 Å². The number of pyridine rings is 1. The Balaban J connectivity index is 1.15. The fraction of sp³-hybridized carbons (Fsp3) is 0.0192. The summed E-state index contributed by atoms with van der Waals surface area (Å²) in [6.45, 7) is 2.14. The van der Waals surface area contributed by atoms with E-state index in [0.717, 1.165) is 16.8 Å². The molecule has 0 spiro atoms. The Labute approximate surface area is 309 Å². The molecule has 1 heterocycles. The van der Waals surface area contributed by atoms with Gasteiger partial charge in [0.05, 0.1) is 5.69 Å². The van der Waals surface area contributed by atoms with Crippen LogP contribution in [0.15, 0.2) is 194 Å². The lowest BCUT2D eigenvalue weighted by molar-refractivity contribution is 1.33. The first kappa shape index (κ1) is 30.9. The summed E-state index contributed by atoms with van der Waals surface area (Å²) in [7, 11) is 0. The van der Waals surface area contributed by atoms with Crippen LogP contribution < -0.4 is 0 Å². The third-order valence-electron chi connectivity index (χ3n) is 10.8. The number of hydrogen-bond acceptors (Lipinski definition) is 1. The maximum Gasteiger partial charge on any atom is 0.0708 e. The molecule has 0 fully saturated rings. The molecule has 1 nitrogen and oxygen atoms in total. The summed E-state index contributed by atoms with van der Waals surface area (Å²) in [6, 6.07) is 68.7. The molecule has 0 aliphatic heterocycles. The highest BCUT2D eigenvalue weighted by Gasteiger charge is 2.19. The first-order valence-corrected chi connectivity index (χ1v) is 18.3. The third-order valence-corrected chi connectivity index (χ3v) is 10.8. The maximum absolute atomic E-state index is 4.79. The van der Waals surface area contributed by atoms with Crippen LogP contribution in [-0.2, 0) is 0 Å². The van der Waals surface area contributed by atoms with E-state index < -0.39 is 0 Å². The molecule has 10 aromatic rings. The van der Waals surface area contributed by atoms with Gasteiger partial charge in [0, 0.05) is 11.8 Å². The lowest BCUT2D eigenvalue weighted by Crippen LogP contribution is -1.92. The van der Waals surface area contributed by atoms with E-state index in [1.54, 1.807) is 0 Å². The Morgan fingerprint density at radius 2 is 0.868 bits per heavy atom. The van der Waals surface area contributed by atoms with Crippen LogP contribution in [0.25, 0.3) is 98.9 Å². The summed E-state index contributed by atoms with van der Waals surface area (Å²) >= 11 is 0. The van der Waals surface area contributed by atoms with Gasteiger partial charge in [-0.25, -0.2) is 0 Å². The highest BCUT2D eigenvalue weighted by molar-refractivity contribution is 6.24. The van der Waals surface area contributed by atoms with Crippen molar-refractivity contribution in [2.45, 2.75) is 6.92 Å². The molecular formula is C52H35N. The molecule has 9 aromatic carbocycles. The summed E-state index contributed by atoms with van der Waals surface area (Å²) in [6.07, 6.45) is 1.93. The molecule has 0 unspecified atom stereocenters. The Morgan fingerprint density at radius 1 is 0.321 bits per heavy atom. The van der Waals surface area contributed by atoms with Crippen LogP contribution in [0.2, 0.25) is 0 Å². The smallest absolute Gasteiger partial charge is 0.0708 e. The van der Waals surface area contributed by atoms with Crippen molar-refractivity contribution in [1.82, 2.24) is 4.98 Å². The number of benzene rings is 9. The number of rotatable bonds is 5. The molecule has 0 aliphatic carbocycles. The fourth-order valence-electron chi connectivity index (χ4n) is 8.21. The molecule has 10 rings (SSSR count). The van der Waals surface area contributed by atoms with Gasteiger partial charge in [0.1, 0.15) is 0 Å². The van der Waals surface area contributed by atoms with Gasteiger partial charge in [0.2, 0.25) is 0 Å². The van der Waals surface area contributed by atoms with Gasteiger partial charge in [-0.2, -0.15) is 0 Å². The topological polar surface area (TPSA) is 12.9 Å². The van der Waals surface area contributed by atoms with Gasteiger partial charge in [0.25, 0.3) is 0 Å². The number of fused-ring (bicyclic) bond motifs is 4. The zero-order valence-corrected chi connectivity index (χ0v) is 29.4. The first-order valence-electron chi connectivity index (χ1n) is 18.3. The van der Waals surface area contributed by atoms with Crippen molar-refractivity contribution >= 4 is 43.1 Å². The average Bonchev–Trinajstić information content (AvgIpc) is 3.22. The third kappa shape index (κ3) is 5.37. The van der Waals surface area contributed by atoms with Gasteiger partial charge in [-0.1, -0.05) is 169 Å². The van der Waals surface area contributed by atoms with Crippen molar-refractivity contribution in [2.75, 3.05) is 0 Å². The van der Waals surface area contributed by atoms with E-state index in [9.17, 15) is 0 Å². The van der Waals surface area contributed by atoms with Gasteiger partial charge in [-0.05, 0) is 119 Å². The molecule has 0 atom stereocenters. The summed E-state index contributed by atoms with van der Waals surface area (Å²) in [5.41, 5.74) is 13.2. The molecule has 0 saturated heterocycles. The van der Waals surface area contributed by atoms with Crippen molar-refractivity contribution in [2.24, 2.45) is 0 Å². The minimum Gasteiger partial charge on any atom is -0.256 e. The highest BCUT2D eigenvalue weighted by atomic mass is 14.7. The first-order chi connectivity index (χ1) is 26.2. The van der Waals surface area contributed by atoms with Gasteiger partial charge in [-0.15, -0.1) is 0 Å². The maximum atomic E-state index is 4.79. The molecule has 0 saturated carbocycles. The molecular weight excluding hydrogens is 639 g/mol. The summed E-state index contributed by atoms with van der Waals surface area (Å²) in [5, 5.41) is 9.97. The Morgan fingerprint density at radius 3 is 1.60 bits per heavy atom. The molecule has 1 aromatic heterocycles. The minimum atomic E-state index is 0.972. The summed E-state index contributed by atoms with van der Waals surface area (Å²) in [4.78, 5) is 4.79. The van der Waals surface area contributed by atoms with E-state index in [-0.39, 0.29) is 0 Å². The number of aromatic nitrogens is 1. The molecule has 53 heavy (non-hydrogen) atoms. The second-order valence-electron chi connectivity index (χ2n) is 14.0. The van der Waals surface area contributed by atoms with Gasteiger partial charge >= 0.3 is 0 Å². The lowest BCUT2D eigenvalue weighted by atomic mass is 9.83. The molecule has 248 valence electrons. The van der Waals surface area contributed by atoms with Crippen LogP contribution in [0, 0.1) is 6.92 Å². The van der Waals surface area contributed by atoms with Crippen LogP contribution >= 0.6 is 0 Å². The van der Waals surface area contributed by atoms with Gasteiger partial charge in [-0.3, -0.25) is 4.98 Å². The predicted octanol–water partition coefficient (Wildman–Crippen LogP) is 14.3. The molecule has 1 heteroatoms. The van der Waals surface area contributed by atoms with Crippen LogP contribution in [0.4, 0.5) is 0 Å². The van der Waals surface area contributed by atoms with Crippen LogP contribution in [0.5, 0.6) is 0 Å². The quantitative estimate of drug-likeness (QED) is 0.166. The lowest BCUT2D eigenvalue weighted by Gasteiger charge is -2.19. The second-order valence-corrected chi connectivity index (χ2v) is 14.0. The van der Waals surface area contributed by atoms with Crippen molar-refractivity contribution < 1.29 is 0 Å². The van der Waals surface area contributed by atoms with E-state index in [1.165, 1.54) is 87.6 Å². The zero-order valence-electron chi connectivity index (χ0n) is 29.4. The predicted molar refractivity (Wildman–Crippen MR) is 226 cm³/mol. The van der Waals surface area contributed by atoms with Crippen molar-refractivity contribution in [3.05, 3.63) is 200 Å². The van der Waals surface area contributed by atoms with E-state index in [1.807, 2.05) is 6.20 Å². The Hall–Kier alpha value is -6.83. The van der Waals surface area contributed by atoms with Gasteiger partial charge < -0.3 is 0 Å². The standard InChI is InChI=1S/C52H35N/c1-34-23-25-36(26-24-34)42-19-9-21-44-43(42)20-10-22-45(44)52-48-17-6-4-15-46(48)51(47-16-5-7-18-49(47)52)41-14-8-13-38(32-41)39-29-30-53-50(33-39)40-28-27-35-11-2-3-12-37(35)31-40/h2-33H,1H3.